The van der Waals surface area contributed by atoms with Crippen molar-refractivity contribution in [1.29, 1.82) is 0 Å². The lowest BCUT2D eigenvalue weighted by molar-refractivity contribution is -0.134. The number of carbonyl (C=O) groups is 1. The van der Waals surface area contributed by atoms with Gasteiger partial charge in [-0.2, -0.15) is 0 Å². The number of hydrogen-bond donors (Lipinski definition) is 0. The minimum atomic E-state index is 0.104. The Hall–Kier alpha value is -2.39. The third kappa shape index (κ3) is 3.83. The van der Waals surface area contributed by atoms with E-state index in [2.05, 4.69) is 84.1 Å². The molecule has 3 heteroatoms. The molecule has 5 unspecified atom stereocenters. The molecule has 3 fully saturated rings. The van der Waals surface area contributed by atoms with Gasteiger partial charge in [0.2, 0.25) is 5.91 Å². The predicted octanol–water partition coefficient (Wildman–Crippen LogP) is 4.93. The smallest absolute Gasteiger partial charge is 0.239 e. The van der Waals surface area contributed by atoms with Crippen LogP contribution in [0.1, 0.15) is 42.7 Å². The topological polar surface area (TPSA) is 23.6 Å². The molecule has 1 aliphatic carbocycles. The molecule has 5 rings (SSSR count). The van der Waals surface area contributed by atoms with Crippen LogP contribution in [-0.4, -0.2) is 48.4 Å². The van der Waals surface area contributed by atoms with Gasteiger partial charge in [-0.3, -0.25) is 9.69 Å². The van der Waals surface area contributed by atoms with Crippen LogP contribution in [0.4, 0.5) is 0 Å². The van der Waals surface area contributed by atoms with Gasteiger partial charge in [0.15, 0.2) is 0 Å². The molecule has 3 aliphatic rings. The molecule has 2 saturated heterocycles. The molecule has 158 valence electrons. The van der Waals surface area contributed by atoms with Gasteiger partial charge in [0, 0.05) is 13.1 Å². The summed E-state index contributed by atoms with van der Waals surface area (Å²) in [5.74, 6) is 2.60. The van der Waals surface area contributed by atoms with Gasteiger partial charge in [0.1, 0.15) is 0 Å². The van der Waals surface area contributed by atoms with E-state index in [1.165, 1.54) is 11.1 Å². The number of fused-ring (bicyclic) bond motifs is 1. The Morgan fingerprint density at radius 1 is 0.933 bits per heavy atom. The molecule has 1 amide bonds. The lowest BCUT2D eigenvalue weighted by Gasteiger charge is -2.49. The zero-order valence-corrected chi connectivity index (χ0v) is 18.3. The number of amides is 1. The zero-order valence-electron chi connectivity index (χ0n) is 18.3. The molecule has 0 bridgehead atoms. The van der Waals surface area contributed by atoms with E-state index in [1.807, 2.05) is 6.92 Å². The Morgan fingerprint density at radius 3 is 1.80 bits per heavy atom. The fourth-order valence-corrected chi connectivity index (χ4v) is 5.87. The number of hydrogen-bond acceptors (Lipinski definition) is 2. The third-order valence-corrected chi connectivity index (χ3v) is 7.21. The van der Waals surface area contributed by atoms with Gasteiger partial charge in [0.05, 0.1) is 6.04 Å². The summed E-state index contributed by atoms with van der Waals surface area (Å²) in [5.41, 5.74) is 2.86. The molecule has 2 heterocycles. The van der Waals surface area contributed by atoms with E-state index in [1.54, 1.807) is 6.08 Å². The van der Waals surface area contributed by atoms with Crippen LogP contribution in [0, 0.1) is 11.8 Å². The van der Waals surface area contributed by atoms with E-state index in [-0.39, 0.29) is 6.04 Å². The minimum absolute atomic E-state index is 0.104. The molecule has 3 nitrogen and oxygen atoms in total. The van der Waals surface area contributed by atoms with Crippen molar-refractivity contribution in [3.8, 4) is 0 Å². The number of carbonyl (C=O) groups excluding carboxylic acids is 1. The highest BCUT2D eigenvalue weighted by molar-refractivity contribution is 5.82. The van der Waals surface area contributed by atoms with Crippen molar-refractivity contribution in [2.24, 2.45) is 11.8 Å². The summed E-state index contributed by atoms with van der Waals surface area (Å²) < 4.78 is 0. The van der Waals surface area contributed by atoms with Crippen LogP contribution in [0.25, 0.3) is 0 Å². The van der Waals surface area contributed by atoms with E-state index >= 15 is 0 Å². The minimum Gasteiger partial charge on any atom is -0.341 e. The third-order valence-electron chi connectivity index (χ3n) is 7.21. The number of rotatable bonds is 3. The van der Waals surface area contributed by atoms with E-state index in [0.29, 0.717) is 29.6 Å². The highest BCUT2D eigenvalue weighted by Crippen LogP contribution is 2.60. The Balaban J connectivity index is 0.000000687. The SMILES string of the molecule is C=CC.CN1CCCC1C(=O)N1CC2C(C1)C(c1ccccc1)C2c1ccccc1. The highest BCUT2D eigenvalue weighted by Gasteiger charge is 2.56. The van der Waals surface area contributed by atoms with Crippen molar-refractivity contribution in [2.75, 3.05) is 26.7 Å². The lowest BCUT2D eigenvalue weighted by Crippen LogP contribution is -2.43. The van der Waals surface area contributed by atoms with Gasteiger partial charge in [-0.1, -0.05) is 66.7 Å². The van der Waals surface area contributed by atoms with Gasteiger partial charge in [-0.25, -0.2) is 0 Å². The summed E-state index contributed by atoms with van der Waals surface area (Å²) in [6, 6.07) is 22.0. The first-order valence-electron chi connectivity index (χ1n) is 11.3. The van der Waals surface area contributed by atoms with Crippen LogP contribution in [0.2, 0.25) is 0 Å². The van der Waals surface area contributed by atoms with Gasteiger partial charge in [-0.05, 0) is 68.2 Å². The predicted molar refractivity (Wildman–Crippen MR) is 123 cm³/mol. The summed E-state index contributed by atoms with van der Waals surface area (Å²) in [7, 11) is 2.10. The molecule has 0 radical (unpaired) electrons. The number of likely N-dealkylation sites (tertiary alicyclic amines) is 2. The molecule has 0 N–H and O–H groups in total. The second-order valence-electron chi connectivity index (χ2n) is 8.99. The normalized spacial score (nSPS) is 30.1. The van der Waals surface area contributed by atoms with Crippen LogP contribution in [0.5, 0.6) is 0 Å². The first-order chi connectivity index (χ1) is 14.7. The molecule has 2 aromatic carbocycles. The van der Waals surface area contributed by atoms with E-state index < -0.39 is 0 Å². The van der Waals surface area contributed by atoms with Crippen LogP contribution in [0.15, 0.2) is 73.3 Å². The molecular formula is C27H34N2O. The molecule has 2 aliphatic heterocycles. The second-order valence-corrected chi connectivity index (χ2v) is 8.99. The van der Waals surface area contributed by atoms with Crippen LogP contribution < -0.4 is 0 Å². The van der Waals surface area contributed by atoms with Gasteiger partial charge in [0.25, 0.3) is 0 Å². The van der Waals surface area contributed by atoms with Crippen molar-refractivity contribution >= 4 is 5.91 Å². The van der Waals surface area contributed by atoms with Gasteiger partial charge < -0.3 is 4.90 Å². The van der Waals surface area contributed by atoms with Crippen molar-refractivity contribution in [3.05, 3.63) is 84.4 Å². The molecule has 2 aromatic rings. The van der Waals surface area contributed by atoms with Crippen LogP contribution in [0.3, 0.4) is 0 Å². The van der Waals surface area contributed by atoms with E-state index in [0.717, 1.165) is 32.5 Å². The summed E-state index contributed by atoms with van der Waals surface area (Å²) >= 11 is 0. The number of benzene rings is 2. The molecule has 0 aromatic heterocycles. The fraction of sp³-hybridized carbons (Fsp3) is 0.444. The fourth-order valence-electron chi connectivity index (χ4n) is 5.87. The quantitative estimate of drug-likeness (QED) is 0.680. The summed E-state index contributed by atoms with van der Waals surface area (Å²) in [4.78, 5) is 17.6. The molecular weight excluding hydrogens is 368 g/mol. The second kappa shape index (κ2) is 9.18. The van der Waals surface area contributed by atoms with Crippen LogP contribution in [-0.2, 0) is 4.79 Å². The Morgan fingerprint density at radius 2 is 1.40 bits per heavy atom. The number of allylic oxidation sites excluding steroid dienone is 1. The summed E-state index contributed by atoms with van der Waals surface area (Å²) in [6.07, 6.45) is 3.91. The average Bonchev–Trinajstić information content (AvgIpc) is 3.34. The average molecular weight is 403 g/mol. The molecule has 5 atom stereocenters. The monoisotopic (exact) mass is 402 g/mol. The first-order valence-corrected chi connectivity index (χ1v) is 11.3. The largest absolute Gasteiger partial charge is 0.341 e. The first kappa shape index (κ1) is 20.9. The van der Waals surface area contributed by atoms with Crippen molar-refractivity contribution < 1.29 is 4.79 Å². The maximum Gasteiger partial charge on any atom is 0.239 e. The Bertz CT molecular complexity index is 796. The van der Waals surface area contributed by atoms with Gasteiger partial charge >= 0.3 is 0 Å². The zero-order chi connectivity index (χ0) is 21.1. The lowest BCUT2D eigenvalue weighted by atomic mass is 9.54. The molecule has 0 spiro atoms. The number of likely N-dealkylation sites (N-methyl/N-ethyl adjacent to an activating group) is 1. The summed E-state index contributed by atoms with van der Waals surface area (Å²) in [6.45, 7) is 8.16. The van der Waals surface area contributed by atoms with Crippen molar-refractivity contribution in [2.45, 2.75) is 37.6 Å². The maximum atomic E-state index is 13.1. The standard InChI is InChI=1S/C24H28N2O.C3H6/c1-25-14-8-13-21(25)24(27)26-15-19-20(16-26)23(18-11-6-3-7-12-18)22(19)17-9-4-2-5-10-17;1-3-2/h2-7,9-12,19-23H,8,13-16H2,1H3;3H,1H2,2H3. The maximum absolute atomic E-state index is 13.1. The molecule has 1 saturated carbocycles. The van der Waals surface area contributed by atoms with E-state index in [9.17, 15) is 4.79 Å². The van der Waals surface area contributed by atoms with Gasteiger partial charge in [-0.15, -0.1) is 6.58 Å². The molecule has 30 heavy (non-hydrogen) atoms. The van der Waals surface area contributed by atoms with E-state index in [4.69, 9.17) is 0 Å². The van der Waals surface area contributed by atoms with Crippen molar-refractivity contribution in [1.82, 2.24) is 9.80 Å². The highest BCUT2D eigenvalue weighted by atomic mass is 16.2. The van der Waals surface area contributed by atoms with Crippen molar-refractivity contribution in [3.63, 3.8) is 0 Å². The number of nitrogens with zero attached hydrogens (tertiary/aromatic N) is 2. The Kier molecular flexibility index (Phi) is 6.38. The Labute approximate surface area is 181 Å². The summed E-state index contributed by atoms with van der Waals surface area (Å²) in [5, 5.41) is 0. The van der Waals surface area contributed by atoms with Crippen LogP contribution >= 0.6 is 0 Å².